The van der Waals surface area contributed by atoms with Gasteiger partial charge in [-0.15, -0.1) is 0 Å². The van der Waals surface area contributed by atoms with Crippen LogP contribution < -0.4 is 15.9 Å². The molecule has 6 nitrogen and oxygen atoms in total. The molecule has 0 aliphatic rings. The van der Waals surface area contributed by atoms with E-state index in [9.17, 15) is 19.1 Å². The lowest BCUT2D eigenvalue weighted by atomic mass is 10.1. The van der Waals surface area contributed by atoms with Crippen LogP contribution >= 0.6 is 23.4 Å². The minimum Gasteiger partial charge on any atom is -0.505 e. The molecule has 0 fully saturated rings. The molecule has 0 aliphatic carbocycles. The molecule has 5 rings (SSSR count). The monoisotopic (exact) mass is 509 g/mol. The fourth-order valence-electron chi connectivity index (χ4n) is 3.86. The summed E-state index contributed by atoms with van der Waals surface area (Å²) in [7, 11) is 1.50. The van der Waals surface area contributed by atoms with Crippen LogP contribution in [0.2, 0.25) is 5.02 Å². The highest BCUT2D eigenvalue weighted by Gasteiger charge is 2.23. The van der Waals surface area contributed by atoms with E-state index in [4.69, 9.17) is 20.8 Å². The summed E-state index contributed by atoms with van der Waals surface area (Å²) < 4.78 is 25.8. The Hall–Kier alpha value is -3.75. The zero-order valence-electron chi connectivity index (χ0n) is 18.2. The number of pyridine rings is 1. The maximum Gasteiger partial charge on any atom is 0.354 e. The molecule has 2 heterocycles. The minimum atomic E-state index is -0.784. The predicted molar refractivity (Wildman–Crippen MR) is 134 cm³/mol. The summed E-state index contributed by atoms with van der Waals surface area (Å²) in [6.45, 7) is 0.0913. The first-order chi connectivity index (χ1) is 16.9. The molecule has 0 aliphatic heterocycles. The number of aromatic nitrogens is 1. The zero-order valence-corrected chi connectivity index (χ0v) is 19.8. The van der Waals surface area contributed by atoms with E-state index in [1.165, 1.54) is 23.8 Å². The largest absolute Gasteiger partial charge is 0.505 e. The Bertz CT molecular complexity index is 1710. The van der Waals surface area contributed by atoms with Crippen LogP contribution in [-0.4, -0.2) is 16.8 Å². The molecule has 0 bridgehead atoms. The van der Waals surface area contributed by atoms with Crippen LogP contribution in [0.1, 0.15) is 5.56 Å². The van der Waals surface area contributed by atoms with E-state index in [2.05, 4.69) is 0 Å². The number of aromatic hydroxyl groups is 1. The fourth-order valence-corrected chi connectivity index (χ4v) is 5.01. The second kappa shape index (κ2) is 9.13. The van der Waals surface area contributed by atoms with Crippen LogP contribution in [0, 0.1) is 5.82 Å². The first-order valence-electron chi connectivity index (χ1n) is 10.4. The third kappa shape index (κ3) is 4.26. The summed E-state index contributed by atoms with van der Waals surface area (Å²) in [5, 5.41) is 11.9. The lowest BCUT2D eigenvalue weighted by Crippen LogP contribution is -2.23. The van der Waals surface area contributed by atoms with Crippen molar-refractivity contribution < 1.29 is 18.7 Å². The Balaban J connectivity index is 1.79. The van der Waals surface area contributed by atoms with Gasteiger partial charge in [0, 0.05) is 21.4 Å². The summed E-state index contributed by atoms with van der Waals surface area (Å²) in [6.07, 6.45) is 0. The second-order valence-electron chi connectivity index (χ2n) is 7.73. The van der Waals surface area contributed by atoms with E-state index in [0.717, 1.165) is 11.8 Å². The van der Waals surface area contributed by atoms with Gasteiger partial charge >= 0.3 is 5.63 Å². The van der Waals surface area contributed by atoms with E-state index in [1.807, 2.05) is 0 Å². The van der Waals surface area contributed by atoms with Crippen molar-refractivity contribution in [2.45, 2.75) is 16.3 Å². The maximum atomic E-state index is 13.7. The third-order valence-electron chi connectivity index (χ3n) is 5.53. The molecule has 0 radical (unpaired) electrons. The van der Waals surface area contributed by atoms with Gasteiger partial charge in [0.1, 0.15) is 21.8 Å². The van der Waals surface area contributed by atoms with E-state index in [0.29, 0.717) is 32.1 Å². The smallest absolute Gasteiger partial charge is 0.354 e. The zero-order chi connectivity index (χ0) is 24.7. The van der Waals surface area contributed by atoms with Gasteiger partial charge in [0.15, 0.2) is 11.3 Å². The van der Waals surface area contributed by atoms with Crippen LogP contribution in [0.25, 0.3) is 21.9 Å². The molecule has 35 heavy (non-hydrogen) atoms. The number of ether oxygens (including phenoxy) is 1. The van der Waals surface area contributed by atoms with Crippen molar-refractivity contribution in [3.63, 3.8) is 0 Å². The number of benzene rings is 3. The van der Waals surface area contributed by atoms with Gasteiger partial charge in [0.25, 0.3) is 5.56 Å². The summed E-state index contributed by atoms with van der Waals surface area (Å²) >= 11 is 7.00. The Morgan fingerprint density at radius 3 is 2.57 bits per heavy atom. The Morgan fingerprint density at radius 1 is 1.09 bits per heavy atom. The highest BCUT2D eigenvalue weighted by molar-refractivity contribution is 7.99. The van der Waals surface area contributed by atoms with E-state index < -0.39 is 22.8 Å². The maximum absolute atomic E-state index is 13.7. The van der Waals surface area contributed by atoms with E-state index in [-0.39, 0.29) is 22.4 Å². The second-order valence-corrected chi connectivity index (χ2v) is 9.25. The Kier molecular flexibility index (Phi) is 6.00. The van der Waals surface area contributed by atoms with Crippen LogP contribution in [0.4, 0.5) is 4.39 Å². The minimum absolute atomic E-state index is 0.0269. The molecule has 3 aromatic carbocycles. The predicted octanol–water partition coefficient (Wildman–Crippen LogP) is 5.81. The van der Waals surface area contributed by atoms with Crippen molar-refractivity contribution in [1.29, 1.82) is 0 Å². The normalized spacial score (nSPS) is 11.3. The van der Waals surface area contributed by atoms with Crippen LogP contribution in [0.5, 0.6) is 11.5 Å². The molecule has 2 aromatic heterocycles. The van der Waals surface area contributed by atoms with E-state index in [1.54, 1.807) is 54.6 Å². The van der Waals surface area contributed by atoms with Gasteiger partial charge in [0.2, 0.25) is 0 Å². The number of nitrogens with zero attached hydrogens (tertiary/aromatic N) is 1. The average molecular weight is 510 g/mol. The van der Waals surface area contributed by atoms with Gasteiger partial charge in [-0.1, -0.05) is 41.6 Å². The quantitative estimate of drug-likeness (QED) is 0.301. The Morgan fingerprint density at radius 2 is 1.86 bits per heavy atom. The van der Waals surface area contributed by atoms with Gasteiger partial charge < -0.3 is 18.8 Å². The van der Waals surface area contributed by atoms with Crippen molar-refractivity contribution in [1.82, 2.24) is 4.57 Å². The first-order valence-corrected chi connectivity index (χ1v) is 11.6. The van der Waals surface area contributed by atoms with Crippen molar-refractivity contribution in [2.75, 3.05) is 7.11 Å². The molecule has 0 saturated heterocycles. The highest BCUT2D eigenvalue weighted by atomic mass is 35.5. The van der Waals surface area contributed by atoms with Gasteiger partial charge in [-0.3, -0.25) is 4.79 Å². The van der Waals surface area contributed by atoms with Crippen LogP contribution in [-0.2, 0) is 6.54 Å². The van der Waals surface area contributed by atoms with Crippen molar-refractivity contribution in [3.8, 4) is 11.5 Å². The summed E-state index contributed by atoms with van der Waals surface area (Å²) in [6, 6.07) is 17.5. The molecule has 0 amide bonds. The molecule has 0 unspecified atom stereocenters. The molecule has 0 spiro atoms. The molecular weight excluding hydrogens is 493 g/mol. The van der Waals surface area contributed by atoms with Gasteiger partial charge in [-0.05, 0) is 48.0 Å². The molecule has 0 atom stereocenters. The highest BCUT2D eigenvalue weighted by Crippen LogP contribution is 2.38. The van der Waals surface area contributed by atoms with Crippen molar-refractivity contribution >= 4 is 45.2 Å². The summed E-state index contributed by atoms with van der Waals surface area (Å²) in [4.78, 5) is 27.0. The number of halogens is 2. The summed E-state index contributed by atoms with van der Waals surface area (Å²) in [5.74, 6) is -0.381. The van der Waals surface area contributed by atoms with Crippen molar-refractivity contribution in [3.05, 3.63) is 104 Å². The fraction of sp³-hybridized carbons (Fsp3) is 0.0769. The number of methoxy groups -OCH3 is 1. The lowest BCUT2D eigenvalue weighted by molar-refractivity contribution is 0.415. The van der Waals surface area contributed by atoms with Crippen LogP contribution in [0.3, 0.4) is 0 Å². The third-order valence-corrected chi connectivity index (χ3v) is 6.82. The summed E-state index contributed by atoms with van der Waals surface area (Å²) in [5.41, 5.74) is -0.278. The lowest BCUT2D eigenvalue weighted by Gasteiger charge is -2.15. The number of rotatable bonds is 5. The van der Waals surface area contributed by atoms with Gasteiger partial charge in [-0.25, -0.2) is 9.18 Å². The SMILES string of the molecule is COc1ccc2c3oc(=O)c(Sc4cccc(Cl)c4)c(O)c3c(=O)n(Cc3ccc(F)cc3)c2c1. The Labute approximate surface area is 207 Å². The average Bonchev–Trinajstić information content (AvgIpc) is 2.85. The topological polar surface area (TPSA) is 81.7 Å². The number of fused-ring (bicyclic) bond motifs is 3. The molecular formula is C26H17ClFNO5S. The standard InChI is InChI=1S/C26H17ClFNO5S/c1-33-17-9-10-19-20(12-17)29(13-14-5-7-16(28)8-6-14)25(31)21-22(30)24(26(32)34-23(19)21)35-18-4-2-3-15(27)11-18/h2-12,30H,13H2,1H3. The molecule has 5 aromatic rings. The van der Waals surface area contributed by atoms with Crippen molar-refractivity contribution in [2.24, 2.45) is 0 Å². The van der Waals surface area contributed by atoms with Gasteiger partial charge in [-0.2, -0.15) is 0 Å². The van der Waals surface area contributed by atoms with E-state index >= 15 is 0 Å². The molecule has 9 heteroatoms. The van der Waals surface area contributed by atoms with Crippen LogP contribution in [0.15, 0.2) is 90.5 Å². The van der Waals surface area contributed by atoms with Gasteiger partial charge in [0.05, 0.1) is 19.2 Å². The molecule has 1 N–H and O–H groups in total. The number of hydrogen-bond donors (Lipinski definition) is 1. The first kappa shape index (κ1) is 23.0. The molecule has 176 valence electrons. The molecule has 0 saturated carbocycles. The number of hydrogen-bond acceptors (Lipinski definition) is 6.